The van der Waals surface area contributed by atoms with Crippen LogP contribution in [0, 0.1) is 6.92 Å². The van der Waals surface area contributed by atoms with Crippen LogP contribution >= 0.6 is 11.3 Å². The van der Waals surface area contributed by atoms with Gasteiger partial charge in [0.25, 0.3) is 0 Å². The minimum absolute atomic E-state index is 0.670. The van der Waals surface area contributed by atoms with E-state index in [0.29, 0.717) is 6.61 Å². The molecule has 0 bridgehead atoms. The van der Waals surface area contributed by atoms with Gasteiger partial charge in [0.1, 0.15) is 0 Å². The van der Waals surface area contributed by atoms with Gasteiger partial charge in [0.2, 0.25) is 0 Å². The molecule has 0 unspecified atom stereocenters. The standard InChI is InChI=1S/C18H26N4OS/c1-4-23-13-16-7-5-15(6-8-16)12-22-18(19-3)20-10-9-17-21-11-14(2)24-17/h5-8,11H,4,9-10,12-13H2,1-3H3,(H2,19,20,22). The van der Waals surface area contributed by atoms with Crippen LogP contribution in [0.15, 0.2) is 35.5 Å². The van der Waals surface area contributed by atoms with Gasteiger partial charge in [-0.05, 0) is 25.0 Å². The highest BCUT2D eigenvalue weighted by molar-refractivity contribution is 7.11. The van der Waals surface area contributed by atoms with E-state index in [4.69, 9.17) is 4.74 Å². The van der Waals surface area contributed by atoms with Crippen LogP contribution < -0.4 is 10.6 Å². The third kappa shape index (κ3) is 6.29. The molecule has 2 rings (SSSR count). The second-order valence-corrected chi connectivity index (χ2v) is 6.74. The highest BCUT2D eigenvalue weighted by Gasteiger charge is 2.01. The Morgan fingerprint density at radius 1 is 1.21 bits per heavy atom. The molecule has 0 aliphatic rings. The van der Waals surface area contributed by atoms with Crippen molar-refractivity contribution >= 4 is 17.3 Å². The third-order valence-electron chi connectivity index (χ3n) is 3.48. The summed E-state index contributed by atoms with van der Waals surface area (Å²) in [6.45, 7) is 7.06. The second kappa shape index (κ2) is 10.1. The number of hydrogen-bond donors (Lipinski definition) is 2. The number of rotatable bonds is 8. The van der Waals surface area contributed by atoms with Crippen molar-refractivity contribution in [3.05, 3.63) is 51.5 Å². The predicted octanol–water partition coefficient (Wildman–Crippen LogP) is 2.90. The van der Waals surface area contributed by atoms with Crippen molar-refractivity contribution in [3.8, 4) is 0 Å². The van der Waals surface area contributed by atoms with Crippen LogP contribution in [0.25, 0.3) is 0 Å². The van der Waals surface area contributed by atoms with Gasteiger partial charge >= 0.3 is 0 Å². The van der Waals surface area contributed by atoms with Crippen molar-refractivity contribution in [3.63, 3.8) is 0 Å². The summed E-state index contributed by atoms with van der Waals surface area (Å²) in [6, 6.07) is 8.45. The van der Waals surface area contributed by atoms with E-state index in [2.05, 4.69) is 51.8 Å². The number of benzene rings is 1. The molecule has 6 heteroatoms. The first kappa shape index (κ1) is 18.4. The zero-order valence-corrected chi connectivity index (χ0v) is 15.4. The Bertz CT molecular complexity index is 637. The number of aliphatic imine (C=N–C) groups is 1. The lowest BCUT2D eigenvalue weighted by Gasteiger charge is -2.12. The van der Waals surface area contributed by atoms with E-state index in [9.17, 15) is 0 Å². The normalized spacial score (nSPS) is 11.5. The quantitative estimate of drug-likeness (QED) is 0.570. The van der Waals surface area contributed by atoms with Crippen LogP contribution in [0.1, 0.15) is 27.9 Å². The fourth-order valence-electron chi connectivity index (χ4n) is 2.18. The van der Waals surface area contributed by atoms with Crippen molar-refractivity contribution in [2.24, 2.45) is 4.99 Å². The van der Waals surface area contributed by atoms with E-state index in [1.165, 1.54) is 16.0 Å². The Morgan fingerprint density at radius 3 is 2.58 bits per heavy atom. The molecular weight excluding hydrogens is 320 g/mol. The van der Waals surface area contributed by atoms with Crippen molar-refractivity contribution in [1.82, 2.24) is 15.6 Å². The number of ether oxygens (including phenoxy) is 1. The zero-order chi connectivity index (χ0) is 17.2. The van der Waals surface area contributed by atoms with Crippen molar-refractivity contribution in [2.75, 3.05) is 20.2 Å². The van der Waals surface area contributed by atoms with Gasteiger partial charge in [-0.3, -0.25) is 4.99 Å². The summed E-state index contributed by atoms with van der Waals surface area (Å²) in [5, 5.41) is 7.81. The molecule has 0 saturated heterocycles. The maximum absolute atomic E-state index is 5.41. The first-order chi connectivity index (χ1) is 11.7. The van der Waals surface area contributed by atoms with Crippen molar-refractivity contribution in [2.45, 2.75) is 33.4 Å². The Morgan fingerprint density at radius 2 is 1.96 bits per heavy atom. The molecule has 2 N–H and O–H groups in total. The minimum atomic E-state index is 0.670. The summed E-state index contributed by atoms with van der Waals surface area (Å²) in [7, 11) is 1.79. The summed E-state index contributed by atoms with van der Waals surface area (Å²) in [5.41, 5.74) is 2.41. The molecule has 0 aliphatic carbocycles. The Kier molecular flexibility index (Phi) is 7.71. The van der Waals surface area contributed by atoms with E-state index in [0.717, 1.165) is 37.1 Å². The minimum Gasteiger partial charge on any atom is -0.377 e. The first-order valence-corrected chi connectivity index (χ1v) is 9.04. The molecule has 5 nitrogen and oxygen atoms in total. The average molecular weight is 347 g/mol. The molecule has 0 fully saturated rings. The number of guanidine groups is 1. The molecule has 0 atom stereocenters. The molecule has 0 saturated carbocycles. The molecule has 1 heterocycles. The second-order valence-electron chi connectivity index (χ2n) is 5.42. The van der Waals surface area contributed by atoms with E-state index < -0.39 is 0 Å². The SMILES string of the molecule is CCOCc1ccc(CNC(=NC)NCCc2ncc(C)s2)cc1. The number of thiazole rings is 1. The van der Waals surface area contributed by atoms with Gasteiger partial charge in [-0.25, -0.2) is 4.98 Å². The van der Waals surface area contributed by atoms with E-state index in [-0.39, 0.29) is 0 Å². The number of nitrogens with zero attached hydrogens (tertiary/aromatic N) is 2. The largest absolute Gasteiger partial charge is 0.377 e. The van der Waals surface area contributed by atoms with Crippen molar-refractivity contribution in [1.29, 1.82) is 0 Å². The van der Waals surface area contributed by atoms with Crippen molar-refractivity contribution < 1.29 is 4.74 Å². The molecule has 0 spiro atoms. The number of nitrogens with one attached hydrogen (secondary N) is 2. The number of hydrogen-bond acceptors (Lipinski definition) is 4. The number of aromatic nitrogens is 1. The van der Waals surface area contributed by atoms with Crippen LogP contribution in [0.4, 0.5) is 0 Å². The van der Waals surface area contributed by atoms with Crippen LogP contribution in [0.2, 0.25) is 0 Å². The molecule has 0 aliphatic heterocycles. The maximum Gasteiger partial charge on any atom is 0.191 e. The molecule has 1 aromatic carbocycles. The average Bonchev–Trinajstić information content (AvgIpc) is 3.02. The fourth-order valence-corrected chi connectivity index (χ4v) is 2.97. The molecule has 0 radical (unpaired) electrons. The smallest absolute Gasteiger partial charge is 0.191 e. The molecular formula is C18H26N4OS. The monoisotopic (exact) mass is 346 g/mol. The fraction of sp³-hybridized carbons (Fsp3) is 0.444. The van der Waals surface area contributed by atoms with E-state index >= 15 is 0 Å². The molecule has 130 valence electrons. The third-order valence-corrected chi connectivity index (χ3v) is 4.45. The topological polar surface area (TPSA) is 58.5 Å². The van der Waals surface area contributed by atoms with Gasteiger partial charge in [-0.15, -0.1) is 11.3 Å². The first-order valence-electron chi connectivity index (χ1n) is 8.22. The van der Waals surface area contributed by atoms with Gasteiger partial charge in [0, 0.05) is 44.2 Å². The Balaban J connectivity index is 1.72. The van der Waals surface area contributed by atoms with E-state index in [1.54, 1.807) is 18.4 Å². The van der Waals surface area contributed by atoms with Gasteiger partial charge in [-0.1, -0.05) is 24.3 Å². The van der Waals surface area contributed by atoms with Gasteiger partial charge in [0.05, 0.1) is 11.6 Å². The summed E-state index contributed by atoms with van der Waals surface area (Å²) in [4.78, 5) is 9.87. The Hall–Kier alpha value is -1.92. The maximum atomic E-state index is 5.41. The summed E-state index contributed by atoms with van der Waals surface area (Å²) in [6.07, 6.45) is 2.83. The predicted molar refractivity (Wildman–Crippen MR) is 101 cm³/mol. The lowest BCUT2D eigenvalue weighted by Crippen LogP contribution is -2.37. The molecule has 24 heavy (non-hydrogen) atoms. The van der Waals surface area contributed by atoms with E-state index in [1.807, 2.05) is 13.1 Å². The van der Waals surface area contributed by atoms with Gasteiger partial charge in [-0.2, -0.15) is 0 Å². The highest BCUT2D eigenvalue weighted by atomic mass is 32.1. The molecule has 1 aromatic heterocycles. The molecule has 0 amide bonds. The van der Waals surface area contributed by atoms with Crippen LogP contribution in [-0.4, -0.2) is 31.1 Å². The van der Waals surface area contributed by atoms with Gasteiger partial charge in [0.15, 0.2) is 5.96 Å². The summed E-state index contributed by atoms with van der Waals surface area (Å²) < 4.78 is 5.41. The lowest BCUT2D eigenvalue weighted by molar-refractivity contribution is 0.134. The van der Waals surface area contributed by atoms with Gasteiger partial charge < -0.3 is 15.4 Å². The molecule has 2 aromatic rings. The number of aryl methyl sites for hydroxylation is 1. The Labute approximate surface area is 148 Å². The highest BCUT2D eigenvalue weighted by Crippen LogP contribution is 2.11. The summed E-state index contributed by atoms with van der Waals surface area (Å²) >= 11 is 1.74. The van der Waals surface area contributed by atoms with Crippen LogP contribution in [-0.2, 0) is 24.3 Å². The van der Waals surface area contributed by atoms with Crippen LogP contribution in [0.5, 0.6) is 0 Å². The zero-order valence-electron chi connectivity index (χ0n) is 14.6. The summed E-state index contributed by atoms with van der Waals surface area (Å²) in [5.74, 6) is 0.807. The van der Waals surface area contributed by atoms with Crippen LogP contribution in [0.3, 0.4) is 0 Å². The lowest BCUT2D eigenvalue weighted by atomic mass is 10.1.